The maximum absolute atomic E-state index is 12.0. The molecular formula is C14H26N2O5S. The van der Waals surface area contributed by atoms with Crippen LogP contribution in [-0.4, -0.2) is 72.9 Å². The van der Waals surface area contributed by atoms with Gasteiger partial charge in [0.1, 0.15) is 5.60 Å². The summed E-state index contributed by atoms with van der Waals surface area (Å²) in [6.07, 6.45) is 0.300. The van der Waals surface area contributed by atoms with E-state index in [2.05, 4.69) is 5.32 Å². The fraction of sp³-hybridized carbons (Fsp3) is 0.929. The molecule has 2 heterocycles. The number of hydrogen-bond donors (Lipinski definition) is 2. The number of ether oxygens (including phenoxy) is 1. The Balaban J connectivity index is 1.79. The van der Waals surface area contributed by atoms with Gasteiger partial charge in [0, 0.05) is 25.2 Å². The van der Waals surface area contributed by atoms with E-state index in [4.69, 9.17) is 4.74 Å². The number of carbonyl (C=O) groups is 1. The Morgan fingerprint density at radius 1 is 1.23 bits per heavy atom. The van der Waals surface area contributed by atoms with E-state index in [1.165, 1.54) is 0 Å². The molecule has 2 rings (SSSR count). The standard InChI is InChI=1S/C14H26N2O5S/c1-14(2,3)21-13(18)16-6-4-10(5-7-16)15-11-8-22(19,20)9-12(11)17/h10-12,15,17H,4-9H2,1-3H3/t11-,12-/m1/s1. The summed E-state index contributed by atoms with van der Waals surface area (Å²) in [5, 5.41) is 13.0. The lowest BCUT2D eigenvalue weighted by Gasteiger charge is -2.35. The van der Waals surface area contributed by atoms with Crippen molar-refractivity contribution in [2.45, 2.75) is 57.4 Å². The fourth-order valence-corrected chi connectivity index (χ4v) is 4.60. The molecule has 2 saturated heterocycles. The molecule has 1 amide bonds. The maximum atomic E-state index is 12.0. The minimum atomic E-state index is -3.14. The van der Waals surface area contributed by atoms with Crippen molar-refractivity contribution in [3.63, 3.8) is 0 Å². The molecule has 2 N–H and O–H groups in total. The molecule has 0 aliphatic carbocycles. The van der Waals surface area contributed by atoms with E-state index < -0.39 is 27.6 Å². The van der Waals surface area contributed by atoms with Gasteiger partial charge in [-0.25, -0.2) is 13.2 Å². The maximum Gasteiger partial charge on any atom is 0.410 e. The first-order valence-corrected chi connectivity index (χ1v) is 9.50. The predicted octanol–water partition coefficient (Wildman–Crippen LogP) is 0.133. The molecule has 0 spiro atoms. The second-order valence-corrected chi connectivity index (χ2v) is 9.31. The molecule has 0 aromatic heterocycles. The van der Waals surface area contributed by atoms with E-state index in [9.17, 15) is 18.3 Å². The zero-order valence-electron chi connectivity index (χ0n) is 13.4. The van der Waals surface area contributed by atoms with Crippen LogP contribution in [0.5, 0.6) is 0 Å². The lowest BCUT2D eigenvalue weighted by Crippen LogP contribution is -2.51. The van der Waals surface area contributed by atoms with Crippen molar-refractivity contribution < 1.29 is 23.1 Å². The molecule has 2 fully saturated rings. The number of amides is 1. The first kappa shape index (κ1) is 17.5. The van der Waals surface area contributed by atoms with Crippen molar-refractivity contribution >= 4 is 15.9 Å². The number of likely N-dealkylation sites (tertiary alicyclic amines) is 1. The van der Waals surface area contributed by atoms with Crippen LogP contribution in [-0.2, 0) is 14.6 Å². The quantitative estimate of drug-likeness (QED) is 0.745. The van der Waals surface area contributed by atoms with Gasteiger partial charge in [-0.3, -0.25) is 0 Å². The highest BCUT2D eigenvalue weighted by Crippen LogP contribution is 2.18. The lowest BCUT2D eigenvalue weighted by atomic mass is 10.0. The van der Waals surface area contributed by atoms with Crippen molar-refractivity contribution in [2.75, 3.05) is 24.6 Å². The van der Waals surface area contributed by atoms with Crippen LogP contribution in [0.25, 0.3) is 0 Å². The number of rotatable bonds is 2. The first-order chi connectivity index (χ1) is 10.1. The van der Waals surface area contributed by atoms with E-state index >= 15 is 0 Å². The molecule has 7 nitrogen and oxygen atoms in total. The van der Waals surface area contributed by atoms with Gasteiger partial charge in [0.2, 0.25) is 0 Å². The third-order valence-electron chi connectivity index (χ3n) is 3.92. The van der Waals surface area contributed by atoms with E-state index in [0.29, 0.717) is 13.1 Å². The molecule has 2 atom stereocenters. The van der Waals surface area contributed by atoms with Crippen LogP contribution in [0.3, 0.4) is 0 Å². The van der Waals surface area contributed by atoms with Gasteiger partial charge < -0.3 is 20.1 Å². The van der Waals surface area contributed by atoms with Crippen LogP contribution in [0.2, 0.25) is 0 Å². The van der Waals surface area contributed by atoms with Crippen molar-refractivity contribution in [2.24, 2.45) is 0 Å². The highest BCUT2D eigenvalue weighted by Gasteiger charge is 2.38. The molecule has 8 heteroatoms. The molecule has 0 aromatic carbocycles. The predicted molar refractivity (Wildman–Crippen MR) is 82.4 cm³/mol. The molecule has 2 aliphatic heterocycles. The number of nitrogens with one attached hydrogen (secondary N) is 1. The Labute approximate surface area is 131 Å². The number of sulfone groups is 1. The van der Waals surface area contributed by atoms with Crippen LogP contribution in [0.15, 0.2) is 0 Å². The summed E-state index contributed by atoms with van der Waals surface area (Å²) in [7, 11) is -3.14. The molecule has 0 aromatic rings. The summed E-state index contributed by atoms with van der Waals surface area (Å²) in [5.74, 6) is -0.179. The Bertz CT molecular complexity index is 506. The highest BCUT2D eigenvalue weighted by atomic mass is 32.2. The molecule has 22 heavy (non-hydrogen) atoms. The monoisotopic (exact) mass is 334 g/mol. The fourth-order valence-electron chi connectivity index (χ4n) is 2.85. The van der Waals surface area contributed by atoms with Gasteiger partial charge in [0.15, 0.2) is 9.84 Å². The molecule has 0 radical (unpaired) electrons. The lowest BCUT2D eigenvalue weighted by molar-refractivity contribution is 0.0191. The Hall–Kier alpha value is -0.860. The van der Waals surface area contributed by atoms with E-state index in [1.807, 2.05) is 20.8 Å². The summed E-state index contributed by atoms with van der Waals surface area (Å²) >= 11 is 0. The largest absolute Gasteiger partial charge is 0.444 e. The van der Waals surface area contributed by atoms with Crippen molar-refractivity contribution in [3.8, 4) is 0 Å². The van der Waals surface area contributed by atoms with E-state index in [0.717, 1.165) is 12.8 Å². The Kier molecular flexibility index (Phi) is 5.03. The second-order valence-electron chi connectivity index (χ2n) is 7.16. The van der Waals surface area contributed by atoms with Gasteiger partial charge in [-0.1, -0.05) is 0 Å². The van der Waals surface area contributed by atoms with Gasteiger partial charge in [-0.15, -0.1) is 0 Å². The third kappa shape index (κ3) is 4.82. The van der Waals surface area contributed by atoms with Crippen molar-refractivity contribution in [1.82, 2.24) is 10.2 Å². The summed E-state index contributed by atoms with van der Waals surface area (Å²) in [6, 6.07) is -0.283. The van der Waals surface area contributed by atoms with Crippen LogP contribution in [0.4, 0.5) is 4.79 Å². The topological polar surface area (TPSA) is 95.9 Å². The summed E-state index contributed by atoms with van der Waals surface area (Å²) < 4.78 is 28.3. The first-order valence-electron chi connectivity index (χ1n) is 7.68. The minimum Gasteiger partial charge on any atom is -0.444 e. The highest BCUT2D eigenvalue weighted by molar-refractivity contribution is 7.91. The molecule has 2 aliphatic rings. The smallest absolute Gasteiger partial charge is 0.410 e. The molecular weight excluding hydrogens is 308 g/mol. The van der Waals surface area contributed by atoms with Crippen LogP contribution in [0.1, 0.15) is 33.6 Å². The summed E-state index contributed by atoms with van der Waals surface area (Å²) in [4.78, 5) is 13.6. The number of carbonyl (C=O) groups excluding carboxylic acids is 1. The Morgan fingerprint density at radius 3 is 2.27 bits per heavy atom. The van der Waals surface area contributed by atoms with E-state index in [-0.39, 0.29) is 23.6 Å². The van der Waals surface area contributed by atoms with Gasteiger partial charge in [-0.2, -0.15) is 0 Å². The zero-order valence-corrected chi connectivity index (χ0v) is 14.2. The third-order valence-corrected chi connectivity index (χ3v) is 5.64. The van der Waals surface area contributed by atoms with Crippen LogP contribution < -0.4 is 5.32 Å². The minimum absolute atomic E-state index is 0.0134. The number of nitrogens with zero attached hydrogens (tertiary/aromatic N) is 1. The van der Waals surface area contributed by atoms with E-state index in [1.54, 1.807) is 4.90 Å². The van der Waals surface area contributed by atoms with Gasteiger partial charge in [0.05, 0.1) is 17.6 Å². The van der Waals surface area contributed by atoms with Gasteiger partial charge in [-0.05, 0) is 33.6 Å². The molecule has 128 valence electrons. The number of aliphatic hydroxyl groups is 1. The number of piperidine rings is 1. The summed E-state index contributed by atoms with van der Waals surface area (Å²) in [6.45, 7) is 6.65. The SMILES string of the molecule is CC(C)(C)OC(=O)N1CCC(N[C@@H]2CS(=O)(=O)C[C@H]2O)CC1. The van der Waals surface area contributed by atoms with Gasteiger partial charge in [0.25, 0.3) is 0 Å². The zero-order chi connectivity index (χ0) is 16.5. The Morgan fingerprint density at radius 2 is 1.82 bits per heavy atom. The van der Waals surface area contributed by atoms with Gasteiger partial charge >= 0.3 is 6.09 Å². The average molecular weight is 334 g/mol. The summed E-state index contributed by atoms with van der Waals surface area (Å²) in [5.41, 5.74) is -0.505. The molecule has 0 bridgehead atoms. The van der Waals surface area contributed by atoms with Crippen molar-refractivity contribution in [1.29, 1.82) is 0 Å². The number of aliphatic hydroxyl groups excluding tert-OH is 1. The number of hydrogen-bond acceptors (Lipinski definition) is 6. The molecule has 0 unspecified atom stereocenters. The van der Waals surface area contributed by atoms with Crippen LogP contribution >= 0.6 is 0 Å². The normalized spacial score (nSPS) is 29.5. The van der Waals surface area contributed by atoms with Crippen LogP contribution in [0, 0.1) is 0 Å². The average Bonchev–Trinajstić information content (AvgIpc) is 2.61. The second kappa shape index (κ2) is 6.33. The van der Waals surface area contributed by atoms with Crippen molar-refractivity contribution in [3.05, 3.63) is 0 Å². The molecule has 0 saturated carbocycles.